The predicted molar refractivity (Wildman–Crippen MR) is 149 cm³/mol. The molecule has 0 radical (unpaired) electrons. The van der Waals surface area contributed by atoms with Crippen LogP contribution < -0.4 is 24.5 Å². The van der Waals surface area contributed by atoms with Crippen molar-refractivity contribution in [3.05, 3.63) is 54.2 Å². The normalized spacial score (nSPS) is 14.5. The van der Waals surface area contributed by atoms with Crippen LogP contribution in [0.4, 0.5) is 5.69 Å². The van der Waals surface area contributed by atoms with Crippen molar-refractivity contribution in [2.24, 2.45) is 11.8 Å². The molecule has 39 heavy (non-hydrogen) atoms. The fourth-order valence-corrected chi connectivity index (χ4v) is 5.32. The van der Waals surface area contributed by atoms with Crippen molar-refractivity contribution in [2.75, 3.05) is 32.7 Å². The largest absolute Gasteiger partial charge is 0.494 e. The van der Waals surface area contributed by atoms with E-state index in [1.165, 1.54) is 32.4 Å². The zero-order chi connectivity index (χ0) is 27.9. The summed E-state index contributed by atoms with van der Waals surface area (Å²) >= 11 is 0. The summed E-state index contributed by atoms with van der Waals surface area (Å²) in [6, 6.07) is 13.0. The van der Waals surface area contributed by atoms with Crippen LogP contribution in [-0.2, 0) is 14.4 Å². The van der Waals surface area contributed by atoms with E-state index in [-0.39, 0.29) is 5.92 Å². The van der Waals surface area contributed by atoms with Crippen LogP contribution in [0.3, 0.4) is 0 Å². The summed E-state index contributed by atoms with van der Waals surface area (Å²) in [7, 11) is 4.53. The lowest BCUT2D eigenvalue weighted by molar-refractivity contribution is -0.149. The Hall–Kier alpha value is -4.01. The van der Waals surface area contributed by atoms with Crippen LogP contribution in [0.15, 0.2) is 48.7 Å². The van der Waals surface area contributed by atoms with Crippen molar-refractivity contribution >= 4 is 34.4 Å². The van der Waals surface area contributed by atoms with Crippen LogP contribution in [0.25, 0.3) is 10.9 Å². The third kappa shape index (κ3) is 6.35. The molecule has 1 fully saturated rings. The summed E-state index contributed by atoms with van der Waals surface area (Å²) in [5, 5.41) is 3.46. The standard InChI is InChI=1S/C30H37N3O6/c1-20-16-25(37-3)28(26(17-20)38-4)32(19-21-10-6-5-7-11-21)30(36)23(29(35)31-2)18-27(34)39-33-15-14-22-12-8-9-13-24(22)33/h8-9,12-17,21,23H,5-7,10-11,18-19H2,1-4H3,(H,31,35). The maximum Gasteiger partial charge on any atom is 0.334 e. The molecular weight excluding hydrogens is 498 g/mol. The number of para-hydroxylation sites is 1. The number of anilines is 1. The highest BCUT2D eigenvalue weighted by molar-refractivity contribution is 6.10. The van der Waals surface area contributed by atoms with E-state index in [1.807, 2.05) is 49.4 Å². The van der Waals surface area contributed by atoms with Gasteiger partial charge in [0.05, 0.1) is 26.2 Å². The monoisotopic (exact) mass is 535 g/mol. The average Bonchev–Trinajstić information content (AvgIpc) is 3.36. The predicted octanol–water partition coefficient (Wildman–Crippen LogP) is 4.29. The van der Waals surface area contributed by atoms with Crippen LogP contribution in [0, 0.1) is 18.8 Å². The lowest BCUT2D eigenvalue weighted by atomic mass is 9.88. The van der Waals surface area contributed by atoms with Gasteiger partial charge in [0.1, 0.15) is 23.1 Å². The molecule has 1 saturated carbocycles. The van der Waals surface area contributed by atoms with Gasteiger partial charge in [-0.3, -0.25) is 9.59 Å². The van der Waals surface area contributed by atoms with Crippen molar-refractivity contribution in [1.29, 1.82) is 0 Å². The van der Waals surface area contributed by atoms with E-state index >= 15 is 0 Å². The van der Waals surface area contributed by atoms with E-state index in [1.54, 1.807) is 11.1 Å². The number of aryl methyl sites for hydroxylation is 1. The van der Waals surface area contributed by atoms with Crippen molar-refractivity contribution in [2.45, 2.75) is 45.4 Å². The van der Waals surface area contributed by atoms with Gasteiger partial charge in [0.25, 0.3) is 0 Å². The number of carbonyl (C=O) groups excluding carboxylic acids is 3. The average molecular weight is 536 g/mol. The molecule has 1 aromatic heterocycles. The van der Waals surface area contributed by atoms with Gasteiger partial charge in [-0.1, -0.05) is 37.5 Å². The molecule has 208 valence electrons. The number of nitrogens with one attached hydrogen (secondary N) is 1. The number of fused-ring (bicyclic) bond motifs is 1. The number of methoxy groups -OCH3 is 2. The molecule has 1 aliphatic carbocycles. The first-order valence-corrected chi connectivity index (χ1v) is 13.4. The molecule has 9 heteroatoms. The van der Waals surface area contributed by atoms with Crippen molar-refractivity contribution in [3.63, 3.8) is 0 Å². The molecule has 2 amide bonds. The Labute approximate surface area is 229 Å². The lowest BCUT2D eigenvalue weighted by Gasteiger charge is -2.33. The van der Waals surface area contributed by atoms with Crippen molar-refractivity contribution in [1.82, 2.24) is 10.0 Å². The molecule has 0 saturated heterocycles. The smallest absolute Gasteiger partial charge is 0.334 e. The van der Waals surface area contributed by atoms with Crippen LogP contribution in [-0.4, -0.2) is 50.3 Å². The minimum Gasteiger partial charge on any atom is -0.494 e. The van der Waals surface area contributed by atoms with Crippen LogP contribution in [0.1, 0.15) is 44.1 Å². The number of carbonyl (C=O) groups is 3. The van der Waals surface area contributed by atoms with Gasteiger partial charge in [0.15, 0.2) is 0 Å². The van der Waals surface area contributed by atoms with Crippen molar-refractivity contribution in [3.8, 4) is 11.5 Å². The minimum absolute atomic E-state index is 0.252. The Morgan fingerprint density at radius 1 is 1.03 bits per heavy atom. The van der Waals surface area contributed by atoms with E-state index in [4.69, 9.17) is 14.3 Å². The Morgan fingerprint density at radius 2 is 1.69 bits per heavy atom. The van der Waals surface area contributed by atoms with Gasteiger partial charge >= 0.3 is 5.97 Å². The molecule has 1 aliphatic rings. The van der Waals surface area contributed by atoms with Crippen molar-refractivity contribution < 1.29 is 28.7 Å². The van der Waals surface area contributed by atoms with E-state index in [0.29, 0.717) is 29.2 Å². The van der Waals surface area contributed by atoms with Crippen LogP contribution in [0.5, 0.6) is 11.5 Å². The first-order valence-electron chi connectivity index (χ1n) is 13.4. The quantitative estimate of drug-likeness (QED) is 0.389. The van der Waals surface area contributed by atoms with Gasteiger partial charge in [-0.25, -0.2) is 4.79 Å². The van der Waals surface area contributed by atoms with Gasteiger partial charge in [-0.05, 0) is 55.5 Å². The zero-order valence-corrected chi connectivity index (χ0v) is 23.1. The van der Waals surface area contributed by atoms with E-state index < -0.39 is 30.1 Å². The maximum absolute atomic E-state index is 14.2. The zero-order valence-electron chi connectivity index (χ0n) is 23.1. The van der Waals surface area contributed by atoms with Gasteiger partial charge in [-0.2, -0.15) is 4.73 Å². The number of amides is 2. The highest BCUT2D eigenvalue weighted by atomic mass is 16.7. The number of nitrogens with zero attached hydrogens (tertiary/aromatic N) is 2. The number of aromatic nitrogens is 1. The number of benzene rings is 2. The third-order valence-electron chi connectivity index (χ3n) is 7.32. The summed E-state index contributed by atoms with van der Waals surface area (Å²) in [5.41, 5.74) is 2.07. The maximum atomic E-state index is 14.2. The Kier molecular flexibility index (Phi) is 9.11. The highest BCUT2D eigenvalue weighted by Crippen LogP contribution is 2.41. The second kappa shape index (κ2) is 12.7. The molecule has 0 spiro atoms. The first kappa shape index (κ1) is 28.0. The molecular formula is C30H37N3O6. The van der Waals surface area contributed by atoms with Gasteiger partial charge in [-0.15, -0.1) is 0 Å². The topological polar surface area (TPSA) is 99.1 Å². The fourth-order valence-electron chi connectivity index (χ4n) is 5.32. The van der Waals surface area contributed by atoms with Gasteiger partial charge in [0, 0.05) is 25.2 Å². The molecule has 0 bridgehead atoms. The van der Waals surface area contributed by atoms with E-state index in [9.17, 15) is 14.4 Å². The van der Waals surface area contributed by atoms with Gasteiger partial charge < -0.3 is 24.5 Å². The second-order valence-corrected chi connectivity index (χ2v) is 10.0. The Morgan fingerprint density at radius 3 is 2.33 bits per heavy atom. The fraction of sp³-hybridized carbons (Fsp3) is 0.433. The summed E-state index contributed by atoms with van der Waals surface area (Å²) < 4.78 is 12.7. The second-order valence-electron chi connectivity index (χ2n) is 10.0. The summed E-state index contributed by atoms with van der Waals surface area (Å²) in [6.07, 6.45) is 6.51. The molecule has 3 aromatic rings. The Balaban J connectivity index is 1.67. The number of hydrogen-bond donors (Lipinski definition) is 1. The molecule has 0 aliphatic heterocycles. The molecule has 1 N–H and O–H groups in total. The summed E-state index contributed by atoms with van der Waals surface area (Å²) in [4.78, 5) is 47.5. The molecule has 2 aromatic carbocycles. The summed E-state index contributed by atoms with van der Waals surface area (Å²) in [5.74, 6) is -1.88. The highest BCUT2D eigenvalue weighted by Gasteiger charge is 2.37. The first-order chi connectivity index (χ1) is 18.9. The Bertz CT molecular complexity index is 1300. The van der Waals surface area contributed by atoms with Crippen LogP contribution >= 0.6 is 0 Å². The number of ether oxygens (including phenoxy) is 2. The van der Waals surface area contributed by atoms with Gasteiger partial charge in [0.2, 0.25) is 11.8 Å². The minimum atomic E-state index is -1.30. The van der Waals surface area contributed by atoms with Crippen LogP contribution in [0.2, 0.25) is 0 Å². The molecule has 1 unspecified atom stereocenters. The van der Waals surface area contributed by atoms with E-state index in [2.05, 4.69) is 5.32 Å². The molecule has 9 nitrogen and oxygen atoms in total. The molecule has 1 heterocycles. The number of rotatable bonds is 10. The summed E-state index contributed by atoms with van der Waals surface area (Å²) in [6.45, 7) is 2.30. The lowest BCUT2D eigenvalue weighted by Crippen LogP contribution is -2.46. The number of hydrogen-bond acceptors (Lipinski definition) is 6. The molecule has 4 rings (SSSR count). The SMILES string of the molecule is CNC(=O)C(CC(=O)On1ccc2ccccc21)C(=O)N(CC1CCCCC1)c1c(OC)cc(C)cc1OC. The molecule has 1 atom stereocenters. The third-order valence-corrected chi connectivity index (χ3v) is 7.32. The van der Waals surface area contributed by atoms with E-state index in [0.717, 1.165) is 36.6 Å².